The third-order valence-corrected chi connectivity index (χ3v) is 1.87. The van der Waals surface area contributed by atoms with Crippen LogP contribution in [-0.2, 0) is 7.05 Å². The Morgan fingerprint density at radius 3 is 2.50 bits per heavy atom. The fourth-order valence-electron chi connectivity index (χ4n) is 1.17. The highest BCUT2D eigenvalue weighted by Gasteiger charge is 2.12. The van der Waals surface area contributed by atoms with Gasteiger partial charge in [-0.3, -0.25) is 4.68 Å². The van der Waals surface area contributed by atoms with Crippen molar-refractivity contribution >= 4 is 5.84 Å². The van der Waals surface area contributed by atoms with Gasteiger partial charge in [-0.25, -0.2) is 0 Å². The Morgan fingerprint density at radius 2 is 2.17 bits per heavy atom. The standard InChI is InChI=1S/C7H12N4O/c1-4-5(2)9-11(3)6(4)7(8)10-12/h12H,1-3H3,(H2,8,10). The summed E-state index contributed by atoms with van der Waals surface area (Å²) in [6, 6.07) is 0. The molecule has 1 aromatic rings. The highest BCUT2D eigenvalue weighted by molar-refractivity contribution is 5.96. The molecule has 1 rings (SSSR count). The van der Waals surface area contributed by atoms with Gasteiger partial charge in [-0.1, -0.05) is 5.16 Å². The molecule has 0 bridgehead atoms. The lowest BCUT2D eigenvalue weighted by Crippen LogP contribution is -2.18. The Bertz CT molecular complexity index is 326. The molecule has 0 amide bonds. The van der Waals surface area contributed by atoms with Crippen LogP contribution in [0, 0.1) is 13.8 Å². The number of rotatable bonds is 1. The fraction of sp³-hybridized carbons (Fsp3) is 0.429. The van der Waals surface area contributed by atoms with Crippen LogP contribution in [0.3, 0.4) is 0 Å². The van der Waals surface area contributed by atoms with Crippen LogP contribution in [-0.4, -0.2) is 20.8 Å². The van der Waals surface area contributed by atoms with Gasteiger partial charge >= 0.3 is 0 Å². The van der Waals surface area contributed by atoms with E-state index in [0.29, 0.717) is 5.69 Å². The number of aromatic nitrogens is 2. The predicted octanol–water partition coefficient (Wildman–Crippen LogP) is 0.131. The van der Waals surface area contributed by atoms with E-state index in [4.69, 9.17) is 10.9 Å². The molecule has 5 heteroatoms. The van der Waals surface area contributed by atoms with Gasteiger partial charge in [-0.05, 0) is 13.8 Å². The summed E-state index contributed by atoms with van der Waals surface area (Å²) in [4.78, 5) is 0. The molecule has 0 atom stereocenters. The molecular formula is C7H12N4O. The van der Waals surface area contributed by atoms with Crippen LogP contribution in [0.1, 0.15) is 17.0 Å². The highest BCUT2D eigenvalue weighted by atomic mass is 16.4. The van der Waals surface area contributed by atoms with Gasteiger partial charge in [-0.15, -0.1) is 0 Å². The molecule has 66 valence electrons. The molecule has 0 unspecified atom stereocenters. The maximum absolute atomic E-state index is 8.47. The van der Waals surface area contributed by atoms with Crippen LogP contribution in [0.2, 0.25) is 0 Å². The second-order valence-corrected chi connectivity index (χ2v) is 2.67. The van der Waals surface area contributed by atoms with E-state index >= 15 is 0 Å². The molecule has 0 spiro atoms. The van der Waals surface area contributed by atoms with Crippen molar-refractivity contribution in [1.29, 1.82) is 0 Å². The highest BCUT2D eigenvalue weighted by Crippen LogP contribution is 2.10. The largest absolute Gasteiger partial charge is 0.409 e. The van der Waals surface area contributed by atoms with Crippen LogP contribution >= 0.6 is 0 Å². The third-order valence-electron chi connectivity index (χ3n) is 1.87. The SMILES string of the molecule is Cc1nn(C)c(/C(N)=N/O)c1C. The van der Waals surface area contributed by atoms with Crippen LogP contribution in [0.15, 0.2) is 5.16 Å². The third kappa shape index (κ3) is 1.13. The minimum absolute atomic E-state index is 0.0931. The molecule has 1 heterocycles. The minimum Gasteiger partial charge on any atom is -0.409 e. The second-order valence-electron chi connectivity index (χ2n) is 2.67. The first kappa shape index (κ1) is 8.58. The summed E-state index contributed by atoms with van der Waals surface area (Å²) < 4.78 is 1.60. The fourth-order valence-corrected chi connectivity index (χ4v) is 1.17. The molecule has 0 saturated heterocycles. The smallest absolute Gasteiger partial charge is 0.188 e. The summed E-state index contributed by atoms with van der Waals surface area (Å²) in [5, 5.41) is 15.5. The molecule has 0 fully saturated rings. The van der Waals surface area contributed by atoms with Gasteiger partial charge in [-0.2, -0.15) is 5.10 Å². The molecule has 5 nitrogen and oxygen atoms in total. The van der Waals surface area contributed by atoms with E-state index in [0.717, 1.165) is 11.3 Å². The van der Waals surface area contributed by atoms with Crippen molar-refractivity contribution in [3.8, 4) is 0 Å². The number of hydrogen-bond donors (Lipinski definition) is 2. The van der Waals surface area contributed by atoms with E-state index < -0.39 is 0 Å². The van der Waals surface area contributed by atoms with Gasteiger partial charge in [0.05, 0.1) is 5.69 Å². The van der Waals surface area contributed by atoms with E-state index in [1.807, 2.05) is 13.8 Å². The summed E-state index contributed by atoms with van der Waals surface area (Å²) in [5.74, 6) is 0.0931. The molecule has 0 aliphatic rings. The molecule has 0 radical (unpaired) electrons. The maximum Gasteiger partial charge on any atom is 0.188 e. The first-order valence-corrected chi connectivity index (χ1v) is 3.56. The van der Waals surface area contributed by atoms with Crippen molar-refractivity contribution in [1.82, 2.24) is 9.78 Å². The zero-order chi connectivity index (χ0) is 9.30. The number of nitrogens with two attached hydrogens (primary N) is 1. The molecule has 0 aromatic carbocycles. The summed E-state index contributed by atoms with van der Waals surface area (Å²) in [6.07, 6.45) is 0. The second kappa shape index (κ2) is 2.84. The van der Waals surface area contributed by atoms with Crippen molar-refractivity contribution in [2.75, 3.05) is 0 Å². The molecule has 12 heavy (non-hydrogen) atoms. The van der Waals surface area contributed by atoms with Crippen molar-refractivity contribution in [2.24, 2.45) is 17.9 Å². The van der Waals surface area contributed by atoms with E-state index in [9.17, 15) is 0 Å². The number of oxime groups is 1. The van der Waals surface area contributed by atoms with Crippen molar-refractivity contribution in [2.45, 2.75) is 13.8 Å². The monoisotopic (exact) mass is 168 g/mol. The summed E-state index contributed by atoms with van der Waals surface area (Å²) in [5.41, 5.74) is 7.94. The van der Waals surface area contributed by atoms with E-state index in [1.54, 1.807) is 11.7 Å². The van der Waals surface area contributed by atoms with E-state index in [-0.39, 0.29) is 5.84 Å². The average Bonchev–Trinajstić information content (AvgIpc) is 2.26. The van der Waals surface area contributed by atoms with Gasteiger partial charge in [0, 0.05) is 12.6 Å². The Balaban J connectivity index is 3.32. The van der Waals surface area contributed by atoms with Crippen LogP contribution in [0.4, 0.5) is 0 Å². The number of aryl methyl sites for hydroxylation is 2. The lowest BCUT2D eigenvalue weighted by Gasteiger charge is -1.99. The van der Waals surface area contributed by atoms with Crippen LogP contribution < -0.4 is 5.73 Å². The minimum atomic E-state index is 0.0931. The Hall–Kier alpha value is -1.52. The molecule has 1 aromatic heterocycles. The van der Waals surface area contributed by atoms with Crippen LogP contribution in [0.25, 0.3) is 0 Å². The normalized spacial score (nSPS) is 12.1. The first-order valence-electron chi connectivity index (χ1n) is 3.56. The molecule has 0 saturated carbocycles. The Kier molecular flexibility index (Phi) is 2.03. The van der Waals surface area contributed by atoms with E-state index in [2.05, 4.69) is 10.3 Å². The zero-order valence-corrected chi connectivity index (χ0v) is 7.37. The molecule has 0 aliphatic heterocycles. The van der Waals surface area contributed by atoms with Gasteiger partial charge < -0.3 is 10.9 Å². The van der Waals surface area contributed by atoms with Gasteiger partial charge in [0.2, 0.25) is 0 Å². The Labute approximate surface area is 70.5 Å². The topological polar surface area (TPSA) is 76.4 Å². The Morgan fingerprint density at radius 1 is 1.58 bits per heavy atom. The number of nitrogens with zero attached hydrogens (tertiary/aromatic N) is 3. The van der Waals surface area contributed by atoms with Crippen molar-refractivity contribution in [3.05, 3.63) is 17.0 Å². The van der Waals surface area contributed by atoms with Crippen molar-refractivity contribution in [3.63, 3.8) is 0 Å². The molecule has 0 aliphatic carbocycles. The maximum atomic E-state index is 8.47. The van der Waals surface area contributed by atoms with Gasteiger partial charge in [0.25, 0.3) is 0 Å². The lowest BCUT2D eigenvalue weighted by molar-refractivity contribution is 0.318. The predicted molar refractivity (Wildman–Crippen MR) is 45.2 cm³/mol. The van der Waals surface area contributed by atoms with Gasteiger partial charge in [0.15, 0.2) is 5.84 Å². The average molecular weight is 168 g/mol. The zero-order valence-electron chi connectivity index (χ0n) is 7.37. The number of hydrogen-bond acceptors (Lipinski definition) is 3. The summed E-state index contributed by atoms with van der Waals surface area (Å²) in [7, 11) is 1.76. The number of amidine groups is 1. The quantitative estimate of drug-likeness (QED) is 0.271. The summed E-state index contributed by atoms with van der Waals surface area (Å²) in [6.45, 7) is 3.76. The lowest BCUT2D eigenvalue weighted by atomic mass is 10.2. The first-order chi connectivity index (χ1) is 5.57. The van der Waals surface area contributed by atoms with Crippen molar-refractivity contribution < 1.29 is 5.21 Å². The molecular weight excluding hydrogens is 156 g/mol. The van der Waals surface area contributed by atoms with Crippen LogP contribution in [0.5, 0.6) is 0 Å². The van der Waals surface area contributed by atoms with E-state index in [1.165, 1.54) is 0 Å². The summed E-state index contributed by atoms with van der Waals surface area (Å²) >= 11 is 0. The van der Waals surface area contributed by atoms with Gasteiger partial charge in [0.1, 0.15) is 5.69 Å². The molecule has 3 N–H and O–H groups in total.